The number of amides is 5. The maximum Gasteiger partial charge on any atom is 0.289 e. The minimum atomic E-state index is -3.16. The molecule has 2 aliphatic carbocycles. The van der Waals surface area contributed by atoms with Gasteiger partial charge in [-0.2, -0.15) is 0 Å². The van der Waals surface area contributed by atoms with E-state index in [1.54, 1.807) is 34.6 Å². The van der Waals surface area contributed by atoms with Crippen LogP contribution >= 0.6 is 0 Å². The molecule has 1 aromatic heterocycles. The fraction of sp³-hybridized carbons (Fsp3) is 0.688. The third kappa shape index (κ3) is 10.7. The highest BCUT2D eigenvalue weighted by Crippen LogP contribution is 2.45. The predicted molar refractivity (Wildman–Crippen MR) is 167 cm³/mol. The van der Waals surface area contributed by atoms with Gasteiger partial charge in [-0.25, -0.2) is 13.8 Å². The lowest BCUT2D eigenvalue weighted by molar-refractivity contribution is -0.140. The first-order valence-corrected chi connectivity index (χ1v) is 16.3. The zero-order valence-corrected chi connectivity index (χ0v) is 27.6. The Morgan fingerprint density at radius 1 is 0.915 bits per heavy atom. The minimum Gasteiger partial charge on any atom is -0.354 e. The Hall–Kier alpha value is -4.04. The Kier molecular flexibility index (Phi) is 13.3. The van der Waals surface area contributed by atoms with Crippen molar-refractivity contribution in [3.8, 4) is 0 Å². The Bertz CT molecular complexity index is 1290. The van der Waals surface area contributed by atoms with Crippen molar-refractivity contribution in [2.45, 2.75) is 110 Å². The molecule has 1 heterocycles. The second-order valence-electron chi connectivity index (χ2n) is 13.2. The highest BCUT2D eigenvalue weighted by Gasteiger charge is 2.50. The summed E-state index contributed by atoms with van der Waals surface area (Å²) in [7, 11) is 0. The molecule has 5 amide bonds. The first-order valence-electron chi connectivity index (χ1n) is 16.3. The maximum absolute atomic E-state index is 15.0. The Morgan fingerprint density at radius 2 is 1.57 bits per heavy atom. The molecule has 3 rings (SSSR count). The molecule has 1 unspecified atom stereocenters. The molecule has 47 heavy (non-hydrogen) atoms. The third-order valence-corrected chi connectivity index (χ3v) is 8.55. The number of aromatic nitrogens is 2. The van der Waals surface area contributed by atoms with Gasteiger partial charge >= 0.3 is 0 Å². The summed E-state index contributed by atoms with van der Waals surface area (Å²) in [5, 5.41) is 13.0. The van der Waals surface area contributed by atoms with Gasteiger partial charge in [0, 0.05) is 43.7 Å². The fourth-order valence-corrected chi connectivity index (χ4v) is 5.63. The topological polar surface area (TPSA) is 188 Å². The van der Waals surface area contributed by atoms with E-state index in [2.05, 4.69) is 36.6 Å². The summed E-state index contributed by atoms with van der Waals surface area (Å²) in [6.07, 6.45) is 5.58. The molecule has 0 radical (unpaired) electrons. The fourth-order valence-electron chi connectivity index (χ4n) is 5.63. The summed E-state index contributed by atoms with van der Waals surface area (Å²) in [5.41, 5.74) is 0.0105. The maximum atomic E-state index is 15.0. The number of nitrogens with zero attached hydrogens (tertiary/aromatic N) is 2. The lowest BCUT2D eigenvalue weighted by atomic mass is 9.90. The van der Waals surface area contributed by atoms with Crippen LogP contribution < -0.4 is 26.6 Å². The number of nitrogens with one attached hydrogen (secondary N) is 5. The van der Waals surface area contributed by atoms with E-state index in [0.29, 0.717) is 6.42 Å². The van der Waals surface area contributed by atoms with E-state index in [1.165, 1.54) is 18.6 Å². The van der Waals surface area contributed by atoms with Gasteiger partial charge < -0.3 is 26.6 Å². The number of alkyl halides is 2. The van der Waals surface area contributed by atoms with E-state index in [4.69, 9.17) is 0 Å². The molecule has 2 fully saturated rings. The second kappa shape index (κ2) is 16.7. The molecule has 5 atom stereocenters. The Balaban J connectivity index is 1.61. The van der Waals surface area contributed by atoms with Crippen molar-refractivity contribution in [1.82, 2.24) is 36.6 Å². The van der Waals surface area contributed by atoms with E-state index in [0.717, 1.165) is 12.8 Å². The molecular formula is C32H47F2N7O6. The van der Waals surface area contributed by atoms with E-state index < -0.39 is 90.1 Å². The minimum absolute atomic E-state index is 0.0105. The van der Waals surface area contributed by atoms with Gasteiger partial charge in [0.25, 0.3) is 17.7 Å². The van der Waals surface area contributed by atoms with Gasteiger partial charge in [-0.1, -0.05) is 41.0 Å². The number of rotatable bonds is 17. The first kappa shape index (κ1) is 37.4. The number of carbonyl (C=O) groups excluding carboxylic acids is 6. The highest BCUT2D eigenvalue weighted by atomic mass is 19.3. The predicted octanol–water partition coefficient (Wildman–Crippen LogP) is 1.67. The first-order chi connectivity index (χ1) is 22.1. The summed E-state index contributed by atoms with van der Waals surface area (Å²) in [4.78, 5) is 84.7. The smallest absolute Gasteiger partial charge is 0.289 e. The van der Waals surface area contributed by atoms with E-state index in [9.17, 15) is 28.8 Å². The van der Waals surface area contributed by atoms with Crippen molar-refractivity contribution in [3.63, 3.8) is 0 Å². The summed E-state index contributed by atoms with van der Waals surface area (Å²) in [6.45, 7) is 8.15. The van der Waals surface area contributed by atoms with Crippen LogP contribution in [-0.4, -0.2) is 81.9 Å². The molecule has 0 aliphatic heterocycles. The molecule has 0 spiro atoms. The van der Waals surface area contributed by atoms with Gasteiger partial charge in [0.15, 0.2) is 0 Å². The molecular weight excluding hydrogens is 616 g/mol. The van der Waals surface area contributed by atoms with Crippen LogP contribution in [0.3, 0.4) is 0 Å². The standard InChI is InChI=1S/C32H47F2N7O6/c1-6-7-22(27(43)31(47)38-20-8-9-20)39-24(42)14-19-10-11-32(33,34)21(19)15-37-29(45)25(17(2)3)41-30(46)26(18(4)5)40-28(44)23-16-35-12-13-36-23/h12-13,16-22,25-26H,6-11,14-15H2,1-5H3,(H,37,45)(H,38,47)(H,39,42)(H,40,44)(H,41,46)/t19-,21+,22?,25+,26-/m1/s1. The highest BCUT2D eigenvalue weighted by molar-refractivity contribution is 6.38. The van der Waals surface area contributed by atoms with Gasteiger partial charge in [0.2, 0.25) is 23.5 Å². The average Bonchev–Trinajstić information content (AvgIpc) is 3.79. The molecule has 0 aromatic carbocycles. The van der Waals surface area contributed by atoms with Gasteiger partial charge in [0.1, 0.15) is 17.8 Å². The van der Waals surface area contributed by atoms with E-state index in [-0.39, 0.29) is 36.9 Å². The van der Waals surface area contributed by atoms with Crippen LogP contribution in [0.1, 0.15) is 90.1 Å². The quantitative estimate of drug-likeness (QED) is 0.156. The lowest BCUT2D eigenvalue weighted by Crippen LogP contribution is -2.57. The number of halogens is 2. The zero-order valence-electron chi connectivity index (χ0n) is 27.6. The summed E-state index contributed by atoms with van der Waals surface area (Å²) >= 11 is 0. The van der Waals surface area contributed by atoms with Crippen molar-refractivity contribution in [1.29, 1.82) is 0 Å². The van der Waals surface area contributed by atoms with Crippen molar-refractivity contribution in [2.24, 2.45) is 23.7 Å². The van der Waals surface area contributed by atoms with Crippen LogP contribution in [0.2, 0.25) is 0 Å². The van der Waals surface area contributed by atoms with E-state index >= 15 is 8.78 Å². The van der Waals surface area contributed by atoms with Crippen LogP contribution in [0.15, 0.2) is 18.6 Å². The average molecular weight is 664 g/mol. The van der Waals surface area contributed by atoms with Crippen LogP contribution in [0, 0.1) is 23.7 Å². The van der Waals surface area contributed by atoms with Crippen molar-refractivity contribution in [2.75, 3.05) is 6.54 Å². The third-order valence-electron chi connectivity index (χ3n) is 8.55. The van der Waals surface area contributed by atoms with Crippen molar-refractivity contribution in [3.05, 3.63) is 24.3 Å². The van der Waals surface area contributed by atoms with E-state index in [1.807, 2.05) is 0 Å². The largest absolute Gasteiger partial charge is 0.354 e. The summed E-state index contributed by atoms with van der Waals surface area (Å²) in [5.74, 6) is -10.2. The van der Waals surface area contributed by atoms with Crippen LogP contribution in [0.25, 0.3) is 0 Å². The van der Waals surface area contributed by atoms with Gasteiger partial charge in [0.05, 0.1) is 12.2 Å². The van der Waals surface area contributed by atoms with Crippen LogP contribution in [0.5, 0.6) is 0 Å². The van der Waals surface area contributed by atoms with Crippen LogP contribution in [-0.2, 0) is 24.0 Å². The number of hydrogen-bond acceptors (Lipinski definition) is 8. The molecule has 2 saturated carbocycles. The normalized spacial score (nSPS) is 20.5. The lowest BCUT2D eigenvalue weighted by Gasteiger charge is -2.29. The number of carbonyl (C=O) groups is 6. The monoisotopic (exact) mass is 663 g/mol. The van der Waals surface area contributed by atoms with Gasteiger partial charge in [-0.3, -0.25) is 33.8 Å². The number of hydrogen-bond donors (Lipinski definition) is 5. The number of ketones is 1. The molecule has 260 valence electrons. The van der Waals surface area contributed by atoms with Gasteiger partial charge in [-0.05, 0) is 43.4 Å². The molecule has 1 aromatic rings. The Morgan fingerprint density at radius 3 is 2.15 bits per heavy atom. The van der Waals surface area contributed by atoms with Crippen molar-refractivity contribution < 1.29 is 37.5 Å². The molecule has 15 heteroatoms. The molecule has 13 nitrogen and oxygen atoms in total. The Labute approximate surface area is 273 Å². The van der Waals surface area contributed by atoms with Crippen LogP contribution in [0.4, 0.5) is 8.78 Å². The summed E-state index contributed by atoms with van der Waals surface area (Å²) in [6, 6.07) is -3.21. The van der Waals surface area contributed by atoms with Crippen molar-refractivity contribution >= 4 is 35.3 Å². The zero-order chi connectivity index (χ0) is 34.9. The molecule has 0 bridgehead atoms. The molecule has 2 aliphatic rings. The van der Waals surface area contributed by atoms with Gasteiger partial charge in [-0.15, -0.1) is 0 Å². The number of Topliss-reactive ketones (excluding diaryl/α,β-unsaturated/α-hetero) is 1. The second-order valence-corrected chi connectivity index (χ2v) is 13.2. The summed E-state index contributed by atoms with van der Waals surface area (Å²) < 4.78 is 30.0. The molecule has 5 N–H and O–H groups in total. The SMILES string of the molecule is CCCC(NC(=O)C[C@H]1CCC(F)(F)[C@H]1CNC(=O)[C@@H](NC(=O)[C@H](NC(=O)c1cnccn1)C(C)C)C(C)C)C(=O)C(=O)NC1CC1. The molecule has 0 saturated heterocycles.